The first-order valence-electron chi connectivity index (χ1n) is 7.67. The van der Waals surface area contributed by atoms with Crippen molar-refractivity contribution in [1.29, 1.82) is 0 Å². The zero-order valence-electron chi connectivity index (χ0n) is 12.3. The van der Waals surface area contributed by atoms with Gasteiger partial charge in [-0.3, -0.25) is 0 Å². The summed E-state index contributed by atoms with van der Waals surface area (Å²) < 4.78 is 27.5. The lowest BCUT2D eigenvalue weighted by atomic mass is 9.79. The van der Waals surface area contributed by atoms with Crippen LogP contribution in [0, 0.1) is 11.6 Å². The van der Waals surface area contributed by atoms with Gasteiger partial charge in [0, 0.05) is 30.7 Å². The van der Waals surface area contributed by atoms with Crippen LogP contribution in [0.25, 0.3) is 0 Å². The van der Waals surface area contributed by atoms with Crippen LogP contribution >= 0.6 is 11.6 Å². The topological polar surface area (TPSA) is 15.3 Å². The van der Waals surface area contributed by atoms with Gasteiger partial charge in [0.15, 0.2) is 5.82 Å². The lowest BCUT2D eigenvalue weighted by Crippen LogP contribution is -2.64. The molecule has 3 rings (SSSR count). The molecule has 21 heavy (non-hydrogen) atoms. The summed E-state index contributed by atoms with van der Waals surface area (Å²) in [5.74, 6) is -1.20. The molecular formula is C16H21ClF2N2. The standard InChI is InChI=1S/C16H21ClF2N2/c1-11-9-20-16(5-3-2-4-6-16)10-21(11)15-13(17)7-12(18)8-14(15)19/h7-8,11,20H,2-6,9-10H2,1H3. The van der Waals surface area contributed by atoms with E-state index in [-0.39, 0.29) is 16.6 Å². The highest BCUT2D eigenvalue weighted by Crippen LogP contribution is 2.37. The third kappa shape index (κ3) is 2.88. The number of halogens is 3. The first kappa shape index (κ1) is 15.0. The molecule has 0 radical (unpaired) electrons. The molecule has 0 aromatic heterocycles. The predicted octanol–water partition coefficient (Wildman–Crippen LogP) is 4.12. The van der Waals surface area contributed by atoms with E-state index in [1.54, 1.807) is 0 Å². The van der Waals surface area contributed by atoms with Crippen molar-refractivity contribution in [3.05, 3.63) is 28.8 Å². The molecule has 1 spiro atoms. The van der Waals surface area contributed by atoms with Crippen LogP contribution in [0.2, 0.25) is 5.02 Å². The molecule has 1 aromatic rings. The van der Waals surface area contributed by atoms with Crippen molar-refractivity contribution in [1.82, 2.24) is 5.32 Å². The average molecular weight is 315 g/mol. The highest BCUT2D eigenvalue weighted by Gasteiger charge is 2.39. The minimum absolute atomic E-state index is 0.0505. The van der Waals surface area contributed by atoms with Gasteiger partial charge in [0.1, 0.15) is 5.82 Å². The highest BCUT2D eigenvalue weighted by atomic mass is 35.5. The van der Waals surface area contributed by atoms with Gasteiger partial charge in [0.05, 0.1) is 10.7 Å². The summed E-state index contributed by atoms with van der Waals surface area (Å²) in [4.78, 5) is 2.01. The van der Waals surface area contributed by atoms with Gasteiger partial charge in [-0.1, -0.05) is 30.9 Å². The average Bonchev–Trinajstić information content (AvgIpc) is 2.43. The van der Waals surface area contributed by atoms with Crippen LogP contribution in [0.3, 0.4) is 0 Å². The lowest BCUT2D eigenvalue weighted by Gasteiger charge is -2.50. The highest BCUT2D eigenvalue weighted by molar-refractivity contribution is 6.33. The second-order valence-corrected chi connectivity index (χ2v) is 6.82. The molecule has 1 saturated heterocycles. The number of nitrogens with zero attached hydrogens (tertiary/aromatic N) is 1. The molecule has 1 heterocycles. The van der Waals surface area contributed by atoms with E-state index in [9.17, 15) is 8.78 Å². The Balaban J connectivity index is 1.92. The molecule has 0 bridgehead atoms. The monoisotopic (exact) mass is 314 g/mol. The van der Waals surface area contributed by atoms with E-state index in [0.29, 0.717) is 5.69 Å². The van der Waals surface area contributed by atoms with E-state index in [1.807, 2.05) is 11.8 Å². The number of hydrogen-bond acceptors (Lipinski definition) is 2. The Labute approximate surface area is 129 Å². The molecule has 1 saturated carbocycles. The maximum absolute atomic E-state index is 14.2. The molecular weight excluding hydrogens is 294 g/mol. The van der Waals surface area contributed by atoms with E-state index in [0.717, 1.165) is 32.0 Å². The number of hydrogen-bond donors (Lipinski definition) is 1. The van der Waals surface area contributed by atoms with Gasteiger partial charge >= 0.3 is 0 Å². The van der Waals surface area contributed by atoms with Gasteiger partial charge in [-0.25, -0.2) is 8.78 Å². The first-order chi connectivity index (χ1) is 10.0. The third-order valence-electron chi connectivity index (χ3n) is 4.86. The minimum atomic E-state index is -0.628. The molecule has 1 unspecified atom stereocenters. The van der Waals surface area contributed by atoms with E-state index < -0.39 is 11.6 Å². The molecule has 2 aliphatic rings. The Morgan fingerprint density at radius 2 is 1.95 bits per heavy atom. The summed E-state index contributed by atoms with van der Waals surface area (Å²) in [5, 5.41) is 3.81. The summed E-state index contributed by atoms with van der Waals surface area (Å²) in [6.45, 7) is 3.57. The van der Waals surface area contributed by atoms with E-state index in [1.165, 1.54) is 25.3 Å². The number of anilines is 1. The smallest absolute Gasteiger partial charge is 0.150 e. The molecule has 1 aliphatic carbocycles. The van der Waals surface area contributed by atoms with Gasteiger partial charge in [-0.15, -0.1) is 0 Å². The zero-order valence-corrected chi connectivity index (χ0v) is 13.0. The van der Waals surface area contributed by atoms with Crippen LogP contribution < -0.4 is 10.2 Å². The minimum Gasteiger partial charge on any atom is -0.362 e. The Morgan fingerprint density at radius 1 is 1.24 bits per heavy atom. The van der Waals surface area contributed by atoms with Gasteiger partial charge in [0.2, 0.25) is 0 Å². The Morgan fingerprint density at radius 3 is 2.62 bits per heavy atom. The van der Waals surface area contributed by atoms with Crippen LogP contribution in [0.5, 0.6) is 0 Å². The fraction of sp³-hybridized carbons (Fsp3) is 0.625. The maximum atomic E-state index is 14.2. The molecule has 0 amide bonds. The van der Waals surface area contributed by atoms with Crippen molar-refractivity contribution in [3.63, 3.8) is 0 Å². The van der Waals surface area contributed by atoms with Crippen LogP contribution in [-0.4, -0.2) is 24.7 Å². The molecule has 1 atom stereocenters. The SMILES string of the molecule is CC1CNC2(CCCCC2)CN1c1c(F)cc(F)cc1Cl. The fourth-order valence-corrected chi connectivity index (χ4v) is 3.99. The second kappa shape index (κ2) is 5.73. The maximum Gasteiger partial charge on any atom is 0.150 e. The van der Waals surface area contributed by atoms with Crippen molar-refractivity contribution in [3.8, 4) is 0 Å². The molecule has 1 aromatic carbocycles. The van der Waals surface area contributed by atoms with Gasteiger partial charge in [0.25, 0.3) is 0 Å². The fourth-order valence-electron chi connectivity index (χ4n) is 3.68. The Hall–Kier alpha value is -0.870. The normalized spacial score (nSPS) is 25.3. The third-order valence-corrected chi connectivity index (χ3v) is 5.15. The summed E-state index contributed by atoms with van der Waals surface area (Å²) in [6, 6.07) is 2.25. The molecule has 5 heteroatoms. The largest absolute Gasteiger partial charge is 0.362 e. The van der Waals surface area contributed by atoms with Crippen LogP contribution in [0.4, 0.5) is 14.5 Å². The van der Waals surface area contributed by atoms with Crippen molar-refractivity contribution in [2.45, 2.75) is 50.6 Å². The van der Waals surface area contributed by atoms with E-state index in [2.05, 4.69) is 5.32 Å². The van der Waals surface area contributed by atoms with E-state index in [4.69, 9.17) is 11.6 Å². The van der Waals surface area contributed by atoms with Crippen LogP contribution in [-0.2, 0) is 0 Å². The molecule has 116 valence electrons. The number of benzene rings is 1. The van der Waals surface area contributed by atoms with Gasteiger partial charge in [-0.05, 0) is 25.8 Å². The molecule has 2 fully saturated rings. The van der Waals surface area contributed by atoms with Crippen molar-refractivity contribution in [2.75, 3.05) is 18.0 Å². The quantitative estimate of drug-likeness (QED) is 0.839. The lowest BCUT2D eigenvalue weighted by molar-refractivity contribution is 0.200. The molecule has 1 N–H and O–H groups in total. The molecule has 2 nitrogen and oxygen atoms in total. The number of nitrogens with one attached hydrogen (secondary N) is 1. The van der Waals surface area contributed by atoms with Gasteiger partial charge in [-0.2, -0.15) is 0 Å². The van der Waals surface area contributed by atoms with Crippen LogP contribution in [0.15, 0.2) is 12.1 Å². The molecule has 1 aliphatic heterocycles. The number of piperazine rings is 1. The zero-order chi connectivity index (χ0) is 15.0. The van der Waals surface area contributed by atoms with Crippen LogP contribution in [0.1, 0.15) is 39.0 Å². The summed E-state index contributed by atoms with van der Waals surface area (Å²) in [7, 11) is 0. The first-order valence-corrected chi connectivity index (χ1v) is 8.05. The van der Waals surface area contributed by atoms with Crippen molar-refractivity contribution in [2.24, 2.45) is 0 Å². The summed E-state index contributed by atoms with van der Waals surface area (Å²) >= 11 is 6.12. The summed E-state index contributed by atoms with van der Waals surface area (Å²) in [6.07, 6.45) is 5.89. The summed E-state index contributed by atoms with van der Waals surface area (Å²) in [5.41, 5.74) is 0.395. The second-order valence-electron chi connectivity index (χ2n) is 6.42. The van der Waals surface area contributed by atoms with E-state index >= 15 is 0 Å². The predicted molar refractivity (Wildman–Crippen MR) is 82.0 cm³/mol. The van der Waals surface area contributed by atoms with Crippen molar-refractivity contribution < 1.29 is 8.78 Å². The van der Waals surface area contributed by atoms with Crippen molar-refractivity contribution >= 4 is 17.3 Å². The number of rotatable bonds is 1. The Kier molecular flexibility index (Phi) is 4.10. The van der Waals surface area contributed by atoms with Gasteiger partial charge < -0.3 is 10.2 Å². The Bertz CT molecular complexity index is 506.